The lowest BCUT2D eigenvalue weighted by molar-refractivity contribution is 0.0697. The molecule has 0 bridgehead atoms. The second-order valence-electron chi connectivity index (χ2n) is 4.32. The molecular weight excluding hydrogens is 248 g/mol. The average molecular weight is 264 g/mol. The summed E-state index contributed by atoms with van der Waals surface area (Å²) in [5, 5.41) is 9.50. The molecule has 4 nitrogen and oxygen atoms in total. The number of carboxylic acids is 1. The van der Waals surface area contributed by atoms with Crippen LogP contribution in [0.3, 0.4) is 0 Å². The van der Waals surface area contributed by atoms with Gasteiger partial charge in [-0.25, -0.2) is 9.78 Å². The SMILES string of the molecule is CSC(C)Cn1c(C)nc2ccc(C(=O)O)cc21. The molecule has 1 heterocycles. The number of aryl methyl sites for hydroxylation is 1. The summed E-state index contributed by atoms with van der Waals surface area (Å²) in [6, 6.07) is 5.07. The van der Waals surface area contributed by atoms with Gasteiger partial charge in [0.2, 0.25) is 0 Å². The van der Waals surface area contributed by atoms with Crippen LogP contribution in [0.1, 0.15) is 23.1 Å². The molecule has 0 fully saturated rings. The van der Waals surface area contributed by atoms with Crippen molar-refractivity contribution in [1.29, 1.82) is 0 Å². The van der Waals surface area contributed by atoms with Crippen LogP contribution in [0.25, 0.3) is 11.0 Å². The lowest BCUT2D eigenvalue weighted by atomic mass is 10.2. The fraction of sp³-hybridized carbons (Fsp3) is 0.385. The predicted octanol–water partition coefficient (Wildman–Crippen LogP) is 2.79. The van der Waals surface area contributed by atoms with E-state index >= 15 is 0 Å². The van der Waals surface area contributed by atoms with Crippen LogP contribution in [0.4, 0.5) is 0 Å². The lowest BCUT2D eigenvalue weighted by Crippen LogP contribution is -2.10. The van der Waals surface area contributed by atoms with Gasteiger partial charge in [0.1, 0.15) is 5.82 Å². The van der Waals surface area contributed by atoms with Crippen molar-refractivity contribution in [3.63, 3.8) is 0 Å². The molecule has 0 aliphatic rings. The number of fused-ring (bicyclic) bond motifs is 1. The zero-order valence-electron chi connectivity index (χ0n) is 10.7. The number of hydrogen-bond acceptors (Lipinski definition) is 3. The maximum atomic E-state index is 11.0. The van der Waals surface area contributed by atoms with Gasteiger partial charge in [0, 0.05) is 11.8 Å². The molecule has 1 unspecified atom stereocenters. The highest BCUT2D eigenvalue weighted by molar-refractivity contribution is 7.99. The lowest BCUT2D eigenvalue weighted by Gasteiger charge is -2.12. The van der Waals surface area contributed by atoms with Gasteiger partial charge < -0.3 is 9.67 Å². The molecule has 0 radical (unpaired) electrons. The zero-order valence-corrected chi connectivity index (χ0v) is 11.5. The van der Waals surface area contributed by atoms with Crippen LogP contribution in [0.5, 0.6) is 0 Å². The summed E-state index contributed by atoms with van der Waals surface area (Å²) in [5.74, 6) is 0.0219. The van der Waals surface area contributed by atoms with Crippen molar-refractivity contribution in [2.75, 3.05) is 6.26 Å². The van der Waals surface area contributed by atoms with Gasteiger partial charge in [0.05, 0.1) is 16.6 Å². The van der Waals surface area contributed by atoms with Gasteiger partial charge in [-0.1, -0.05) is 6.92 Å². The Kier molecular flexibility index (Phi) is 3.61. The molecule has 5 heteroatoms. The van der Waals surface area contributed by atoms with E-state index in [4.69, 9.17) is 5.11 Å². The molecule has 96 valence electrons. The maximum absolute atomic E-state index is 11.0. The second-order valence-corrected chi connectivity index (χ2v) is 5.60. The van der Waals surface area contributed by atoms with E-state index in [1.54, 1.807) is 30.0 Å². The zero-order chi connectivity index (χ0) is 13.3. The fourth-order valence-corrected chi connectivity index (χ4v) is 2.24. The van der Waals surface area contributed by atoms with Crippen molar-refractivity contribution < 1.29 is 9.90 Å². The van der Waals surface area contributed by atoms with Gasteiger partial charge in [0.15, 0.2) is 0 Å². The second kappa shape index (κ2) is 5.02. The first-order valence-electron chi connectivity index (χ1n) is 5.76. The third-order valence-corrected chi connectivity index (χ3v) is 3.98. The first-order valence-corrected chi connectivity index (χ1v) is 7.04. The fourth-order valence-electron chi connectivity index (χ4n) is 1.94. The number of imidazole rings is 1. The average Bonchev–Trinajstić information content (AvgIpc) is 2.65. The van der Waals surface area contributed by atoms with Gasteiger partial charge in [-0.2, -0.15) is 11.8 Å². The molecule has 1 N–H and O–H groups in total. The number of aromatic carboxylic acids is 1. The smallest absolute Gasteiger partial charge is 0.335 e. The number of carboxylic acid groups (broad SMARTS) is 1. The molecule has 0 amide bonds. The van der Waals surface area contributed by atoms with E-state index in [0.717, 1.165) is 23.4 Å². The Balaban J connectivity index is 2.53. The topological polar surface area (TPSA) is 55.1 Å². The van der Waals surface area contributed by atoms with Crippen molar-refractivity contribution in [3.8, 4) is 0 Å². The summed E-state index contributed by atoms with van der Waals surface area (Å²) in [7, 11) is 0. The van der Waals surface area contributed by atoms with E-state index < -0.39 is 5.97 Å². The highest BCUT2D eigenvalue weighted by atomic mass is 32.2. The molecule has 1 aromatic heterocycles. The van der Waals surface area contributed by atoms with E-state index in [2.05, 4.69) is 22.7 Å². The first kappa shape index (κ1) is 13.0. The third-order valence-electron chi connectivity index (χ3n) is 3.03. The number of carbonyl (C=O) groups is 1. The Morgan fingerprint density at radius 1 is 1.56 bits per heavy atom. The molecule has 0 aliphatic heterocycles. The van der Waals surface area contributed by atoms with Crippen LogP contribution in [0.2, 0.25) is 0 Å². The standard InChI is InChI=1S/C13H16N2O2S/c1-8(18-3)7-15-9(2)14-11-5-4-10(13(16)17)6-12(11)15/h4-6,8H,7H2,1-3H3,(H,16,17). The van der Waals surface area contributed by atoms with Crippen LogP contribution in [0.15, 0.2) is 18.2 Å². The van der Waals surface area contributed by atoms with Crippen molar-refractivity contribution in [2.24, 2.45) is 0 Å². The molecule has 2 aromatic rings. The highest BCUT2D eigenvalue weighted by Crippen LogP contribution is 2.20. The molecular formula is C13H16N2O2S. The minimum atomic E-state index is -0.903. The summed E-state index contributed by atoms with van der Waals surface area (Å²) in [6.07, 6.45) is 2.07. The van der Waals surface area contributed by atoms with Crippen LogP contribution >= 0.6 is 11.8 Å². The van der Waals surface area contributed by atoms with Gasteiger partial charge >= 0.3 is 5.97 Å². The number of thioether (sulfide) groups is 1. The van der Waals surface area contributed by atoms with Gasteiger partial charge in [-0.05, 0) is 31.4 Å². The Hall–Kier alpha value is -1.49. The van der Waals surface area contributed by atoms with Crippen molar-refractivity contribution in [3.05, 3.63) is 29.6 Å². The Bertz CT molecular complexity index is 592. The van der Waals surface area contributed by atoms with E-state index in [1.165, 1.54) is 0 Å². The number of hydrogen-bond donors (Lipinski definition) is 1. The summed E-state index contributed by atoms with van der Waals surface area (Å²) in [4.78, 5) is 15.5. The number of nitrogens with zero attached hydrogens (tertiary/aromatic N) is 2. The largest absolute Gasteiger partial charge is 0.478 e. The van der Waals surface area contributed by atoms with E-state index in [1.807, 2.05) is 6.92 Å². The van der Waals surface area contributed by atoms with Crippen LogP contribution in [-0.4, -0.2) is 32.1 Å². The highest BCUT2D eigenvalue weighted by Gasteiger charge is 2.12. The van der Waals surface area contributed by atoms with E-state index in [9.17, 15) is 4.79 Å². The Morgan fingerprint density at radius 3 is 2.89 bits per heavy atom. The Morgan fingerprint density at radius 2 is 2.28 bits per heavy atom. The molecule has 2 rings (SSSR count). The van der Waals surface area contributed by atoms with E-state index in [0.29, 0.717) is 10.8 Å². The van der Waals surface area contributed by atoms with Crippen molar-refractivity contribution in [1.82, 2.24) is 9.55 Å². The quantitative estimate of drug-likeness (QED) is 0.922. The molecule has 0 saturated carbocycles. The Labute approximate surface area is 110 Å². The monoisotopic (exact) mass is 264 g/mol. The predicted molar refractivity (Wildman–Crippen MR) is 74.4 cm³/mol. The van der Waals surface area contributed by atoms with Crippen LogP contribution in [-0.2, 0) is 6.54 Å². The molecule has 0 aliphatic carbocycles. The van der Waals surface area contributed by atoms with Gasteiger partial charge in [-0.3, -0.25) is 0 Å². The third kappa shape index (κ3) is 2.36. The van der Waals surface area contributed by atoms with Crippen molar-refractivity contribution in [2.45, 2.75) is 25.6 Å². The molecule has 0 saturated heterocycles. The maximum Gasteiger partial charge on any atom is 0.335 e. The number of aromatic nitrogens is 2. The molecule has 18 heavy (non-hydrogen) atoms. The summed E-state index contributed by atoms with van der Waals surface area (Å²) < 4.78 is 2.09. The van der Waals surface area contributed by atoms with Crippen LogP contribution in [0, 0.1) is 6.92 Å². The summed E-state index contributed by atoms with van der Waals surface area (Å²) in [6.45, 7) is 4.94. The van der Waals surface area contributed by atoms with Crippen molar-refractivity contribution >= 4 is 28.8 Å². The number of benzene rings is 1. The van der Waals surface area contributed by atoms with Gasteiger partial charge in [0.25, 0.3) is 0 Å². The first-order chi connectivity index (χ1) is 8.52. The normalized spacial score (nSPS) is 12.8. The summed E-state index contributed by atoms with van der Waals surface area (Å²) in [5.41, 5.74) is 2.06. The molecule has 1 aromatic carbocycles. The summed E-state index contributed by atoms with van der Waals surface area (Å²) >= 11 is 1.79. The van der Waals surface area contributed by atoms with Gasteiger partial charge in [-0.15, -0.1) is 0 Å². The minimum Gasteiger partial charge on any atom is -0.478 e. The minimum absolute atomic E-state index is 0.306. The molecule has 0 spiro atoms. The molecule has 1 atom stereocenters. The number of rotatable bonds is 4. The van der Waals surface area contributed by atoms with Crippen LogP contribution < -0.4 is 0 Å². The van der Waals surface area contributed by atoms with E-state index in [-0.39, 0.29) is 0 Å².